The Balaban J connectivity index is 1.48. The lowest BCUT2D eigenvalue weighted by Crippen LogP contribution is -2.70. The van der Waals surface area contributed by atoms with Gasteiger partial charge in [0, 0.05) is 22.5 Å². The summed E-state index contributed by atoms with van der Waals surface area (Å²) >= 11 is 0. The van der Waals surface area contributed by atoms with Gasteiger partial charge in [0.25, 0.3) is 5.91 Å². The van der Waals surface area contributed by atoms with Gasteiger partial charge in [0.15, 0.2) is 0 Å². The van der Waals surface area contributed by atoms with Gasteiger partial charge in [0.2, 0.25) is 0 Å². The first kappa shape index (κ1) is 29.0. The van der Waals surface area contributed by atoms with Crippen LogP contribution in [-0.2, 0) is 24.3 Å². The molecule has 7 nitrogen and oxygen atoms in total. The topological polar surface area (TPSA) is 85.3 Å². The van der Waals surface area contributed by atoms with E-state index in [1.54, 1.807) is 20.8 Å². The molecule has 0 radical (unpaired) electrons. The van der Waals surface area contributed by atoms with Crippen molar-refractivity contribution in [1.82, 2.24) is 4.90 Å². The first-order valence-corrected chi connectivity index (χ1v) is 15.5. The Morgan fingerprint density at radius 2 is 1.81 bits per heavy atom. The number of aliphatic hydroxyl groups is 1. The van der Waals surface area contributed by atoms with Crippen molar-refractivity contribution in [3.05, 3.63) is 58.7 Å². The Hall–Kier alpha value is -3.06. The predicted octanol–water partition coefficient (Wildman–Crippen LogP) is 7.06. The first-order valence-electron chi connectivity index (χ1n) is 15.5. The number of rotatable bonds is 3. The minimum Gasteiger partial charge on any atom is -0.488 e. The van der Waals surface area contributed by atoms with Crippen LogP contribution in [0.15, 0.2) is 36.4 Å². The molecule has 2 heterocycles. The lowest BCUT2D eigenvalue weighted by Gasteiger charge is -2.67. The van der Waals surface area contributed by atoms with Crippen LogP contribution in [0.25, 0.3) is 0 Å². The fraction of sp³-hybridized carbons (Fsp3) is 0.600. The van der Waals surface area contributed by atoms with Gasteiger partial charge in [-0.05, 0) is 75.8 Å². The molecule has 6 rings (SSSR count). The number of amides is 2. The smallest absolute Gasteiger partial charge is 0.417 e. The van der Waals surface area contributed by atoms with Crippen molar-refractivity contribution < 1.29 is 28.9 Å². The minimum atomic E-state index is -0.729. The molecule has 0 aromatic heterocycles. The van der Waals surface area contributed by atoms with Gasteiger partial charge >= 0.3 is 6.09 Å². The van der Waals surface area contributed by atoms with Crippen LogP contribution in [0.5, 0.6) is 11.5 Å². The van der Waals surface area contributed by atoms with E-state index >= 15 is 0 Å². The van der Waals surface area contributed by atoms with Gasteiger partial charge in [-0.3, -0.25) is 4.79 Å². The summed E-state index contributed by atoms with van der Waals surface area (Å²) in [4.78, 5) is 28.1. The molecule has 5 atom stereocenters. The summed E-state index contributed by atoms with van der Waals surface area (Å²) in [5.41, 5.74) is 1.40. The third kappa shape index (κ3) is 4.33. The van der Waals surface area contributed by atoms with Crippen LogP contribution in [0.1, 0.15) is 101 Å². The summed E-state index contributed by atoms with van der Waals surface area (Å²) in [6.07, 6.45) is 3.14. The second kappa shape index (κ2) is 9.73. The van der Waals surface area contributed by atoms with Gasteiger partial charge in [-0.1, -0.05) is 58.0 Å². The van der Waals surface area contributed by atoms with Gasteiger partial charge in [-0.15, -0.1) is 0 Å². The normalized spacial score (nSPS) is 31.3. The van der Waals surface area contributed by atoms with E-state index in [4.69, 9.17) is 14.2 Å². The van der Waals surface area contributed by atoms with Crippen molar-refractivity contribution in [2.24, 2.45) is 22.7 Å². The van der Waals surface area contributed by atoms with Gasteiger partial charge in [0.1, 0.15) is 29.3 Å². The van der Waals surface area contributed by atoms with E-state index in [0.29, 0.717) is 36.0 Å². The van der Waals surface area contributed by atoms with E-state index in [0.717, 1.165) is 42.4 Å². The van der Waals surface area contributed by atoms with Crippen molar-refractivity contribution in [2.45, 2.75) is 111 Å². The molecule has 4 aliphatic rings. The lowest BCUT2D eigenvalue weighted by molar-refractivity contribution is -0.233. The zero-order chi connectivity index (χ0) is 30.2. The molecular weight excluding hydrogens is 530 g/mol. The summed E-state index contributed by atoms with van der Waals surface area (Å²) in [6, 6.07) is 11.8. The van der Waals surface area contributed by atoms with E-state index in [9.17, 15) is 14.7 Å². The van der Waals surface area contributed by atoms with Crippen LogP contribution in [0.4, 0.5) is 4.79 Å². The van der Waals surface area contributed by atoms with Crippen LogP contribution in [0.3, 0.4) is 0 Å². The number of imide groups is 1. The molecular formula is C35H45NO6. The van der Waals surface area contributed by atoms with Gasteiger partial charge < -0.3 is 19.3 Å². The summed E-state index contributed by atoms with van der Waals surface area (Å²) in [5.74, 6) is 1.45. The second-order valence-electron chi connectivity index (χ2n) is 14.8. The van der Waals surface area contributed by atoms with Crippen LogP contribution in [0, 0.1) is 22.7 Å². The van der Waals surface area contributed by atoms with Crippen molar-refractivity contribution in [3.8, 4) is 11.5 Å². The molecule has 2 aromatic rings. The van der Waals surface area contributed by atoms with E-state index in [1.807, 2.05) is 36.4 Å². The number of hydrogen-bond donors (Lipinski definition) is 1. The van der Waals surface area contributed by atoms with Crippen LogP contribution >= 0.6 is 0 Å². The van der Waals surface area contributed by atoms with E-state index in [2.05, 4.69) is 27.7 Å². The fourth-order valence-corrected chi connectivity index (χ4v) is 8.35. The van der Waals surface area contributed by atoms with E-state index in [1.165, 1.54) is 4.90 Å². The highest BCUT2D eigenvalue weighted by Crippen LogP contribution is 2.67. The average molecular weight is 576 g/mol. The molecule has 2 fully saturated rings. The van der Waals surface area contributed by atoms with Crippen LogP contribution in [0.2, 0.25) is 0 Å². The summed E-state index contributed by atoms with van der Waals surface area (Å²) < 4.78 is 19.5. The molecule has 1 spiro atoms. The highest BCUT2D eigenvalue weighted by molar-refractivity contribution is 6.07. The van der Waals surface area contributed by atoms with Crippen molar-refractivity contribution in [1.29, 1.82) is 0 Å². The highest BCUT2D eigenvalue weighted by atomic mass is 16.6. The van der Waals surface area contributed by atoms with Crippen molar-refractivity contribution >= 4 is 12.0 Å². The summed E-state index contributed by atoms with van der Waals surface area (Å²) in [7, 11) is 0. The third-order valence-electron chi connectivity index (χ3n) is 11.0. The quantitative estimate of drug-likeness (QED) is 0.422. The standard InChI is InChI=1S/C35H45NO6/c1-21-13-14-27-33(5,6)28(37)15-16-35(27)34(21,7)18-24-26(40-20-22-11-9-8-10-12-22)17-23-25(29(24)41-35)19-36(30(23)38)31(39)42-32(2,3)4/h8-12,17,21,27-28,37H,13-16,18-20H2,1-7H3/t21-,27-,28-,34+,35-/m0/s1. The van der Waals surface area contributed by atoms with Gasteiger partial charge in [-0.2, -0.15) is 0 Å². The van der Waals surface area contributed by atoms with Crippen molar-refractivity contribution in [3.63, 3.8) is 0 Å². The highest BCUT2D eigenvalue weighted by Gasteiger charge is 2.68. The Bertz CT molecular complexity index is 1410. The molecule has 2 aliphatic heterocycles. The van der Waals surface area contributed by atoms with E-state index in [-0.39, 0.29) is 23.3 Å². The molecule has 226 valence electrons. The molecule has 2 aliphatic carbocycles. The molecule has 2 aromatic carbocycles. The Labute approximate surface area is 249 Å². The molecule has 0 bridgehead atoms. The van der Waals surface area contributed by atoms with Gasteiger partial charge in [0.05, 0.1) is 18.2 Å². The molecule has 0 unspecified atom stereocenters. The Morgan fingerprint density at radius 3 is 2.50 bits per heavy atom. The number of carbonyl (C=O) groups excluding carboxylic acids is 2. The maximum absolute atomic E-state index is 13.7. The maximum atomic E-state index is 13.7. The van der Waals surface area contributed by atoms with Crippen LogP contribution in [-0.4, -0.2) is 39.3 Å². The number of benzene rings is 2. The number of fused-ring (bicyclic) bond motifs is 3. The largest absolute Gasteiger partial charge is 0.488 e. The van der Waals surface area contributed by atoms with Crippen LogP contribution < -0.4 is 9.47 Å². The molecule has 7 heteroatoms. The van der Waals surface area contributed by atoms with E-state index < -0.39 is 29.3 Å². The summed E-state index contributed by atoms with van der Waals surface area (Å²) in [5, 5.41) is 11.1. The molecule has 2 saturated carbocycles. The second-order valence-corrected chi connectivity index (χ2v) is 14.8. The Kier molecular flexibility index (Phi) is 6.73. The average Bonchev–Trinajstić information content (AvgIpc) is 3.25. The molecule has 42 heavy (non-hydrogen) atoms. The maximum Gasteiger partial charge on any atom is 0.417 e. The fourth-order valence-electron chi connectivity index (χ4n) is 8.35. The third-order valence-corrected chi connectivity index (χ3v) is 11.0. The SMILES string of the molecule is C[C@H]1CC[C@H]2C(C)(C)[C@@H](O)CC[C@]23Oc2c(c(OCc4ccccc4)cc4c2CN(C(=O)OC(C)(C)C)C4=O)C[C@]13C. The molecule has 2 amide bonds. The number of carbonyl (C=O) groups is 2. The Morgan fingerprint density at radius 1 is 1.10 bits per heavy atom. The summed E-state index contributed by atoms with van der Waals surface area (Å²) in [6.45, 7) is 14.9. The van der Waals surface area contributed by atoms with Gasteiger partial charge in [-0.25, -0.2) is 9.69 Å². The number of hydrogen-bond acceptors (Lipinski definition) is 6. The predicted molar refractivity (Wildman–Crippen MR) is 159 cm³/mol. The van der Waals surface area contributed by atoms with Crippen molar-refractivity contribution in [2.75, 3.05) is 0 Å². The zero-order valence-corrected chi connectivity index (χ0v) is 26.1. The number of aliphatic hydroxyl groups excluding tert-OH is 1. The number of nitrogens with zero attached hydrogens (tertiary/aromatic N) is 1. The minimum absolute atomic E-state index is 0.101. The zero-order valence-electron chi connectivity index (χ0n) is 26.1. The monoisotopic (exact) mass is 575 g/mol. The molecule has 0 saturated heterocycles. The molecule has 1 N–H and O–H groups in total. The number of ether oxygens (including phenoxy) is 3. The first-order chi connectivity index (χ1) is 19.7. The lowest BCUT2D eigenvalue weighted by atomic mass is 9.43.